The molecule has 0 aliphatic carbocycles. The first-order valence-electron chi connectivity index (χ1n) is 8.44. The maximum absolute atomic E-state index is 14.5. The minimum atomic E-state index is -1.58. The van der Waals surface area contributed by atoms with Gasteiger partial charge in [-0.05, 0) is 29.8 Å². The van der Waals surface area contributed by atoms with E-state index < -0.39 is 23.9 Å². The van der Waals surface area contributed by atoms with Crippen LogP contribution in [0.2, 0.25) is 0 Å². The number of likely N-dealkylation sites (N-methyl/N-ethyl adjacent to an activating group) is 1. The highest BCUT2D eigenvalue weighted by Crippen LogP contribution is 2.41. The third-order valence-corrected chi connectivity index (χ3v) is 4.82. The predicted molar refractivity (Wildman–Crippen MR) is 98.3 cm³/mol. The van der Waals surface area contributed by atoms with Crippen LogP contribution in [0.25, 0.3) is 11.1 Å². The van der Waals surface area contributed by atoms with Gasteiger partial charge in [-0.1, -0.05) is 6.07 Å². The molecule has 0 saturated carbocycles. The zero-order valence-corrected chi connectivity index (χ0v) is 14.9. The zero-order chi connectivity index (χ0) is 19.9. The molecule has 1 aliphatic heterocycles. The van der Waals surface area contributed by atoms with E-state index in [2.05, 4.69) is 9.98 Å². The minimum Gasteiger partial charge on any atom is -0.472 e. The normalized spacial score (nSPS) is 19.2. The summed E-state index contributed by atoms with van der Waals surface area (Å²) >= 11 is 0. The van der Waals surface area contributed by atoms with Crippen LogP contribution in [0.15, 0.2) is 64.7 Å². The van der Waals surface area contributed by atoms with Crippen molar-refractivity contribution in [1.29, 1.82) is 0 Å². The molecule has 4 rings (SSSR count). The van der Waals surface area contributed by atoms with Crippen LogP contribution in [0.3, 0.4) is 0 Å². The Morgan fingerprint density at radius 3 is 2.68 bits per heavy atom. The Kier molecular flexibility index (Phi) is 4.18. The van der Waals surface area contributed by atoms with Gasteiger partial charge in [-0.25, -0.2) is 13.8 Å². The van der Waals surface area contributed by atoms with E-state index in [-0.39, 0.29) is 11.5 Å². The van der Waals surface area contributed by atoms with E-state index in [4.69, 9.17) is 10.2 Å². The van der Waals surface area contributed by atoms with Crippen LogP contribution >= 0.6 is 0 Å². The van der Waals surface area contributed by atoms with Gasteiger partial charge >= 0.3 is 0 Å². The van der Waals surface area contributed by atoms with E-state index in [1.807, 2.05) is 0 Å². The molecule has 2 aromatic heterocycles. The Labute approximate surface area is 159 Å². The number of nitrogens with zero attached hydrogens (tertiary/aromatic N) is 3. The molecule has 0 spiro atoms. The fraction of sp³-hybridized carbons (Fsp3) is 0.150. The lowest BCUT2D eigenvalue weighted by Gasteiger charge is -2.26. The number of amides is 1. The SMILES string of the molecule is CN1C(=O)C(c2cncc(CF)c2)(c2ccc(F)c(-c3ccoc3)c2)N=C1N. The van der Waals surface area contributed by atoms with Gasteiger partial charge in [-0.2, -0.15) is 0 Å². The van der Waals surface area contributed by atoms with Crippen molar-refractivity contribution in [2.75, 3.05) is 7.05 Å². The number of nitrogens with two attached hydrogens (primary N) is 1. The van der Waals surface area contributed by atoms with Crippen LogP contribution in [0.1, 0.15) is 16.7 Å². The van der Waals surface area contributed by atoms with Crippen LogP contribution in [0.5, 0.6) is 0 Å². The van der Waals surface area contributed by atoms with E-state index in [1.54, 1.807) is 6.07 Å². The number of carbonyl (C=O) groups is 1. The van der Waals surface area contributed by atoms with Gasteiger partial charge in [-0.3, -0.25) is 14.7 Å². The van der Waals surface area contributed by atoms with Crippen molar-refractivity contribution in [3.63, 3.8) is 0 Å². The monoisotopic (exact) mass is 382 g/mol. The predicted octanol–water partition coefficient (Wildman–Crippen LogP) is 2.98. The molecule has 3 heterocycles. The highest BCUT2D eigenvalue weighted by Gasteiger charge is 2.50. The lowest BCUT2D eigenvalue weighted by Crippen LogP contribution is -2.41. The smallest absolute Gasteiger partial charge is 0.266 e. The highest BCUT2D eigenvalue weighted by atomic mass is 19.1. The van der Waals surface area contributed by atoms with Gasteiger partial charge in [0.1, 0.15) is 12.5 Å². The number of aliphatic imine (C=N–C) groups is 1. The number of aromatic nitrogens is 1. The molecule has 1 aliphatic rings. The molecule has 3 aromatic rings. The van der Waals surface area contributed by atoms with E-state index in [0.717, 1.165) is 0 Å². The molecule has 1 aromatic carbocycles. The fourth-order valence-electron chi connectivity index (χ4n) is 3.33. The molecule has 0 saturated heterocycles. The topological polar surface area (TPSA) is 84.7 Å². The van der Waals surface area contributed by atoms with Gasteiger partial charge in [0.15, 0.2) is 11.5 Å². The molecule has 0 fully saturated rings. The summed E-state index contributed by atoms with van der Waals surface area (Å²) in [4.78, 5) is 22.9. The van der Waals surface area contributed by atoms with Crippen molar-refractivity contribution in [2.45, 2.75) is 12.2 Å². The first kappa shape index (κ1) is 17.8. The second kappa shape index (κ2) is 6.56. The molecular weight excluding hydrogens is 366 g/mol. The number of hydrogen-bond donors (Lipinski definition) is 1. The number of halogens is 2. The van der Waals surface area contributed by atoms with Crippen LogP contribution in [-0.4, -0.2) is 28.8 Å². The molecule has 0 radical (unpaired) electrons. The fourth-order valence-corrected chi connectivity index (χ4v) is 3.33. The maximum atomic E-state index is 14.5. The summed E-state index contributed by atoms with van der Waals surface area (Å²) in [5.41, 5.74) is 6.14. The van der Waals surface area contributed by atoms with Gasteiger partial charge in [0.05, 0.1) is 12.5 Å². The lowest BCUT2D eigenvalue weighted by molar-refractivity contribution is -0.129. The summed E-state index contributed by atoms with van der Waals surface area (Å²) in [6.07, 6.45) is 5.64. The molecule has 1 unspecified atom stereocenters. The van der Waals surface area contributed by atoms with E-state index in [1.165, 1.54) is 61.1 Å². The quantitative estimate of drug-likeness (QED) is 0.752. The second-order valence-corrected chi connectivity index (χ2v) is 6.47. The van der Waals surface area contributed by atoms with Gasteiger partial charge in [0.2, 0.25) is 0 Å². The average Bonchev–Trinajstić information content (AvgIpc) is 3.32. The number of alkyl halides is 1. The molecule has 142 valence electrons. The molecule has 2 N–H and O–H groups in total. The Bertz CT molecular complexity index is 1080. The van der Waals surface area contributed by atoms with Crippen LogP contribution in [0.4, 0.5) is 8.78 Å². The summed E-state index contributed by atoms with van der Waals surface area (Å²) in [6.45, 7) is -0.746. The van der Waals surface area contributed by atoms with E-state index in [9.17, 15) is 13.6 Å². The zero-order valence-electron chi connectivity index (χ0n) is 14.9. The Morgan fingerprint density at radius 2 is 2.04 bits per heavy atom. The molecule has 1 atom stereocenters. The van der Waals surface area contributed by atoms with Crippen molar-refractivity contribution in [3.8, 4) is 11.1 Å². The average molecular weight is 382 g/mol. The minimum absolute atomic E-state index is 0.00448. The molecule has 28 heavy (non-hydrogen) atoms. The molecule has 0 bridgehead atoms. The summed E-state index contributed by atoms with van der Waals surface area (Å²) in [7, 11) is 1.50. The van der Waals surface area contributed by atoms with Gasteiger partial charge in [0, 0.05) is 41.7 Å². The maximum Gasteiger partial charge on any atom is 0.266 e. The molecule has 6 nitrogen and oxygen atoms in total. The number of furan rings is 1. The Balaban J connectivity index is 1.98. The van der Waals surface area contributed by atoms with E-state index in [0.29, 0.717) is 22.3 Å². The number of rotatable bonds is 4. The summed E-state index contributed by atoms with van der Waals surface area (Å²) in [5, 5.41) is 0. The number of pyridine rings is 1. The number of benzene rings is 1. The summed E-state index contributed by atoms with van der Waals surface area (Å²) in [5.74, 6) is -0.913. The first-order valence-corrected chi connectivity index (χ1v) is 8.44. The number of hydrogen-bond acceptors (Lipinski definition) is 5. The van der Waals surface area contributed by atoms with Crippen molar-refractivity contribution < 1.29 is 18.0 Å². The second-order valence-electron chi connectivity index (χ2n) is 6.47. The Hall–Kier alpha value is -3.55. The number of guanidine groups is 1. The Morgan fingerprint density at radius 1 is 1.21 bits per heavy atom. The highest BCUT2D eigenvalue weighted by molar-refractivity contribution is 6.09. The molecular formula is C20H16F2N4O2. The third-order valence-electron chi connectivity index (χ3n) is 4.82. The summed E-state index contributed by atoms with van der Waals surface area (Å²) in [6, 6.07) is 7.37. The third kappa shape index (κ3) is 2.57. The largest absolute Gasteiger partial charge is 0.472 e. The lowest BCUT2D eigenvalue weighted by atomic mass is 9.82. The van der Waals surface area contributed by atoms with Crippen LogP contribution in [0, 0.1) is 5.82 Å². The van der Waals surface area contributed by atoms with Gasteiger partial charge in [-0.15, -0.1) is 0 Å². The van der Waals surface area contributed by atoms with Crippen molar-refractivity contribution in [2.24, 2.45) is 10.7 Å². The van der Waals surface area contributed by atoms with Crippen LogP contribution in [-0.2, 0) is 17.0 Å². The number of carbonyl (C=O) groups excluding carboxylic acids is 1. The van der Waals surface area contributed by atoms with Crippen LogP contribution < -0.4 is 5.73 Å². The summed E-state index contributed by atoms with van der Waals surface area (Å²) < 4.78 is 32.7. The van der Waals surface area contributed by atoms with Crippen molar-refractivity contribution >= 4 is 11.9 Å². The first-order chi connectivity index (χ1) is 13.5. The van der Waals surface area contributed by atoms with Crippen molar-refractivity contribution in [3.05, 3.63) is 77.8 Å². The molecule has 8 heteroatoms. The molecule has 1 amide bonds. The standard InChI is InChI=1S/C20H16F2N4O2/c1-26-18(27)20(25-19(26)23,15-6-12(8-21)9-24-10-15)14-2-3-17(22)16(7-14)13-4-5-28-11-13/h2-7,9-11H,8H2,1H3,(H2,23,25). The van der Waals surface area contributed by atoms with Crippen molar-refractivity contribution in [1.82, 2.24) is 9.88 Å². The van der Waals surface area contributed by atoms with E-state index >= 15 is 0 Å². The van der Waals surface area contributed by atoms with Gasteiger partial charge < -0.3 is 10.2 Å². The van der Waals surface area contributed by atoms with Gasteiger partial charge in [0.25, 0.3) is 5.91 Å².